The number of hydrogen-bond acceptors (Lipinski definition) is 4. The van der Waals surface area contributed by atoms with Crippen molar-refractivity contribution in [3.05, 3.63) is 41.4 Å². The highest BCUT2D eigenvalue weighted by molar-refractivity contribution is 6.30. The Balaban J connectivity index is 1.89. The van der Waals surface area contributed by atoms with E-state index >= 15 is 0 Å². The number of rotatable bonds is 3. The summed E-state index contributed by atoms with van der Waals surface area (Å²) < 4.78 is 1.77. The van der Waals surface area contributed by atoms with Crippen LogP contribution in [0.2, 0.25) is 5.02 Å². The molecule has 1 fully saturated rings. The Bertz CT molecular complexity index is 569. The molecule has 0 unspecified atom stereocenters. The van der Waals surface area contributed by atoms with E-state index in [0.717, 1.165) is 31.9 Å². The minimum atomic E-state index is 0.531. The van der Waals surface area contributed by atoms with Gasteiger partial charge in [-0.05, 0) is 24.6 Å². The van der Waals surface area contributed by atoms with Crippen LogP contribution in [-0.4, -0.2) is 45.3 Å². The third kappa shape index (κ3) is 2.85. The summed E-state index contributed by atoms with van der Waals surface area (Å²) in [7, 11) is 0. The monoisotopic (exact) mass is 291 g/mol. The zero-order valence-electron chi connectivity index (χ0n) is 11.5. The predicted octanol–water partition coefficient (Wildman–Crippen LogP) is 1.71. The highest BCUT2D eigenvalue weighted by atomic mass is 35.5. The zero-order valence-corrected chi connectivity index (χ0v) is 12.2. The Hall–Kier alpha value is -1.43. The van der Waals surface area contributed by atoms with Crippen LogP contribution in [0.3, 0.4) is 0 Å². The van der Waals surface area contributed by atoms with Gasteiger partial charge in [0.15, 0.2) is 0 Å². The first-order chi connectivity index (χ1) is 9.74. The molecule has 106 valence electrons. The van der Waals surface area contributed by atoms with Gasteiger partial charge in [-0.15, -0.1) is 0 Å². The summed E-state index contributed by atoms with van der Waals surface area (Å²) in [5.41, 5.74) is 2.22. The van der Waals surface area contributed by atoms with Gasteiger partial charge in [-0.3, -0.25) is 4.90 Å². The molecule has 1 aromatic heterocycles. The van der Waals surface area contributed by atoms with E-state index < -0.39 is 0 Å². The summed E-state index contributed by atoms with van der Waals surface area (Å²) in [6.07, 6.45) is 3.24. The van der Waals surface area contributed by atoms with Gasteiger partial charge in [-0.2, -0.15) is 5.10 Å². The zero-order chi connectivity index (χ0) is 13.9. The van der Waals surface area contributed by atoms with Crippen molar-refractivity contribution in [2.75, 3.05) is 19.6 Å². The summed E-state index contributed by atoms with van der Waals surface area (Å²) in [4.78, 5) is 6.49. The molecule has 0 amide bonds. The lowest BCUT2D eigenvalue weighted by molar-refractivity contribution is 0.165. The maximum atomic E-state index is 6.12. The summed E-state index contributed by atoms with van der Waals surface area (Å²) >= 11 is 6.12. The summed E-state index contributed by atoms with van der Waals surface area (Å²) in [5.74, 6) is 0. The molecule has 2 heterocycles. The highest BCUT2D eigenvalue weighted by Crippen LogP contribution is 2.21. The highest BCUT2D eigenvalue weighted by Gasteiger charge is 2.19. The lowest BCUT2D eigenvalue weighted by Gasteiger charge is -2.34. The van der Waals surface area contributed by atoms with Gasteiger partial charge in [0.05, 0.1) is 5.69 Å². The number of piperazine rings is 1. The Labute approximate surface area is 123 Å². The van der Waals surface area contributed by atoms with Crippen molar-refractivity contribution in [1.29, 1.82) is 0 Å². The van der Waals surface area contributed by atoms with Gasteiger partial charge in [0.25, 0.3) is 0 Å². The van der Waals surface area contributed by atoms with Crippen LogP contribution < -0.4 is 5.32 Å². The Morgan fingerprint density at radius 2 is 2.35 bits per heavy atom. The predicted molar refractivity (Wildman–Crippen MR) is 79.1 cm³/mol. The Kier molecular flexibility index (Phi) is 4.00. The van der Waals surface area contributed by atoms with E-state index in [-0.39, 0.29) is 0 Å². The third-order valence-corrected chi connectivity index (χ3v) is 3.96. The molecule has 1 aromatic carbocycles. The van der Waals surface area contributed by atoms with Crippen LogP contribution >= 0.6 is 11.6 Å². The van der Waals surface area contributed by atoms with E-state index in [9.17, 15) is 0 Å². The molecule has 2 aromatic rings. The van der Waals surface area contributed by atoms with Crippen LogP contribution in [0.15, 0.2) is 30.9 Å². The molecule has 1 N–H and O–H groups in total. The second kappa shape index (κ2) is 5.91. The first kappa shape index (κ1) is 13.5. The SMILES string of the molecule is C[C@H]1CNCCN1Cc1ccc(Cl)cc1-n1cncn1. The number of aromatic nitrogens is 3. The molecule has 1 saturated heterocycles. The molecule has 0 saturated carbocycles. The van der Waals surface area contributed by atoms with Gasteiger partial charge < -0.3 is 5.32 Å². The number of benzene rings is 1. The molecule has 1 aliphatic rings. The molecule has 5 nitrogen and oxygen atoms in total. The topological polar surface area (TPSA) is 46.0 Å². The van der Waals surface area contributed by atoms with Crippen LogP contribution in [0.5, 0.6) is 0 Å². The smallest absolute Gasteiger partial charge is 0.138 e. The summed E-state index contributed by atoms with van der Waals surface area (Å²) in [6.45, 7) is 6.27. The molecular weight excluding hydrogens is 274 g/mol. The summed E-state index contributed by atoms with van der Waals surface area (Å²) in [6, 6.07) is 6.49. The van der Waals surface area contributed by atoms with Crippen LogP contribution in [0.1, 0.15) is 12.5 Å². The van der Waals surface area contributed by atoms with Gasteiger partial charge >= 0.3 is 0 Å². The first-order valence-electron chi connectivity index (χ1n) is 6.82. The molecule has 1 atom stereocenters. The fourth-order valence-corrected chi connectivity index (χ4v) is 2.72. The molecule has 0 bridgehead atoms. The average molecular weight is 292 g/mol. The van der Waals surface area contributed by atoms with E-state index in [2.05, 4.69) is 33.3 Å². The van der Waals surface area contributed by atoms with Crippen molar-refractivity contribution in [3.8, 4) is 5.69 Å². The van der Waals surface area contributed by atoms with E-state index in [1.807, 2.05) is 12.1 Å². The van der Waals surface area contributed by atoms with Crippen LogP contribution in [0.4, 0.5) is 0 Å². The normalized spacial score (nSPS) is 20.2. The number of halogens is 1. The molecule has 1 aliphatic heterocycles. The van der Waals surface area contributed by atoms with E-state index in [1.165, 1.54) is 11.9 Å². The summed E-state index contributed by atoms with van der Waals surface area (Å²) in [5, 5.41) is 8.34. The van der Waals surface area contributed by atoms with Crippen molar-refractivity contribution in [2.24, 2.45) is 0 Å². The maximum absolute atomic E-state index is 6.12. The molecule has 3 rings (SSSR count). The van der Waals surface area contributed by atoms with Crippen molar-refractivity contribution < 1.29 is 0 Å². The Morgan fingerprint density at radius 3 is 3.10 bits per heavy atom. The average Bonchev–Trinajstić information content (AvgIpc) is 2.97. The quantitative estimate of drug-likeness (QED) is 0.935. The Morgan fingerprint density at radius 1 is 1.45 bits per heavy atom. The molecule has 20 heavy (non-hydrogen) atoms. The van der Waals surface area contributed by atoms with Gasteiger partial charge in [-0.1, -0.05) is 17.7 Å². The molecule has 0 spiro atoms. The van der Waals surface area contributed by atoms with Crippen molar-refractivity contribution in [1.82, 2.24) is 25.0 Å². The minimum absolute atomic E-state index is 0.531. The van der Waals surface area contributed by atoms with Crippen molar-refractivity contribution in [3.63, 3.8) is 0 Å². The second-order valence-corrected chi connectivity index (χ2v) is 5.57. The second-order valence-electron chi connectivity index (χ2n) is 5.14. The van der Waals surface area contributed by atoms with Crippen molar-refractivity contribution >= 4 is 11.6 Å². The fraction of sp³-hybridized carbons (Fsp3) is 0.429. The van der Waals surface area contributed by atoms with Gasteiger partial charge in [0.1, 0.15) is 12.7 Å². The molecule has 0 radical (unpaired) electrons. The number of hydrogen-bond donors (Lipinski definition) is 1. The van der Waals surface area contributed by atoms with Gasteiger partial charge in [0, 0.05) is 37.2 Å². The lowest BCUT2D eigenvalue weighted by atomic mass is 10.1. The van der Waals surface area contributed by atoms with Crippen LogP contribution in [0.25, 0.3) is 5.69 Å². The van der Waals surface area contributed by atoms with Gasteiger partial charge in [-0.25, -0.2) is 9.67 Å². The van der Waals surface area contributed by atoms with Crippen LogP contribution in [0, 0.1) is 0 Å². The minimum Gasteiger partial charge on any atom is -0.314 e. The first-order valence-corrected chi connectivity index (χ1v) is 7.20. The molecule has 6 heteroatoms. The van der Waals surface area contributed by atoms with Crippen molar-refractivity contribution in [2.45, 2.75) is 19.5 Å². The van der Waals surface area contributed by atoms with Gasteiger partial charge in [0.2, 0.25) is 0 Å². The lowest BCUT2D eigenvalue weighted by Crippen LogP contribution is -2.49. The fourth-order valence-electron chi connectivity index (χ4n) is 2.55. The third-order valence-electron chi connectivity index (χ3n) is 3.73. The standard InChI is InChI=1S/C14H18ClN5/c1-11-7-16-4-5-19(11)8-12-2-3-13(15)6-14(12)20-10-17-9-18-20/h2-3,6,9-11,16H,4-5,7-8H2,1H3/t11-/m0/s1. The maximum Gasteiger partial charge on any atom is 0.138 e. The van der Waals surface area contributed by atoms with E-state index in [0.29, 0.717) is 11.1 Å². The van der Waals surface area contributed by atoms with Crippen LogP contribution in [-0.2, 0) is 6.54 Å². The number of nitrogens with zero attached hydrogens (tertiary/aromatic N) is 4. The molecular formula is C14H18ClN5. The number of nitrogens with one attached hydrogen (secondary N) is 1. The largest absolute Gasteiger partial charge is 0.314 e. The molecule has 0 aliphatic carbocycles. The van der Waals surface area contributed by atoms with E-state index in [4.69, 9.17) is 11.6 Å². The van der Waals surface area contributed by atoms with E-state index in [1.54, 1.807) is 11.0 Å².